The molecule has 1 aromatic rings. The van der Waals surface area contributed by atoms with Crippen LogP contribution >= 0.6 is 22.6 Å². The van der Waals surface area contributed by atoms with E-state index in [1.807, 2.05) is 0 Å². The highest BCUT2D eigenvalue weighted by atomic mass is 127. The van der Waals surface area contributed by atoms with Crippen LogP contribution in [0.2, 0.25) is 0 Å². The number of hydrogen-bond acceptors (Lipinski definition) is 4. The van der Waals surface area contributed by atoms with Crippen molar-refractivity contribution in [3.63, 3.8) is 0 Å². The summed E-state index contributed by atoms with van der Waals surface area (Å²) in [4.78, 5) is 9.06. The highest BCUT2D eigenvalue weighted by molar-refractivity contribution is 14.1. The van der Waals surface area contributed by atoms with Gasteiger partial charge in [-0.1, -0.05) is 13.8 Å². The minimum atomic E-state index is 0.0187. The van der Waals surface area contributed by atoms with Gasteiger partial charge in [-0.3, -0.25) is 0 Å². The van der Waals surface area contributed by atoms with Gasteiger partial charge in [0.1, 0.15) is 11.9 Å². The van der Waals surface area contributed by atoms with Crippen molar-refractivity contribution in [2.24, 2.45) is 5.92 Å². The summed E-state index contributed by atoms with van der Waals surface area (Å²) in [5.41, 5.74) is 7.04. The second-order valence-electron chi connectivity index (χ2n) is 5.34. The van der Waals surface area contributed by atoms with Crippen LogP contribution in [0.4, 0.5) is 5.82 Å². The van der Waals surface area contributed by atoms with Crippen molar-refractivity contribution in [3.8, 4) is 0 Å². The Hall–Kier alpha value is -0.430. The summed E-state index contributed by atoms with van der Waals surface area (Å²) in [6.45, 7) is 6.45. The Morgan fingerprint density at radius 2 is 2.11 bits per heavy atom. The predicted molar refractivity (Wildman–Crippen MR) is 80.2 cm³/mol. The van der Waals surface area contributed by atoms with Gasteiger partial charge in [-0.05, 0) is 54.7 Å². The molecule has 100 valence electrons. The second kappa shape index (κ2) is 5.69. The van der Waals surface area contributed by atoms with E-state index in [4.69, 9.17) is 10.5 Å². The molecule has 0 spiro atoms. The van der Waals surface area contributed by atoms with Crippen LogP contribution in [0.3, 0.4) is 0 Å². The third-order valence-electron chi connectivity index (χ3n) is 3.08. The van der Waals surface area contributed by atoms with Crippen molar-refractivity contribution >= 4 is 28.4 Å². The van der Waals surface area contributed by atoms with Crippen LogP contribution in [0.1, 0.15) is 51.2 Å². The van der Waals surface area contributed by atoms with Crippen LogP contribution in [0.25, 0.3) is 0 Å². The van der Waals surface area contributed by atoms with Crippen LogP contribution < -0.4 is 5.73 Å². The first-order valence-electron chi connectivity index (χ1n) is 6.44. The van der Waals surface area contributed by atoms with E-state index in [2.05, 4.69) is 53.3 Å². The lowest BCUT2D eigenvalue weighted by molar-refractivity contribution is 0.0502. The van der Waals surface area contributed by atoms with E-state index < -0.39 is 0 Å². The van der Waals surface area contributed by atoms with Crippen LogP contribution in [0.15, 0.2) is 0 Å². The Balaban J connectivity index is 2.29. The first-order valence-corrected chi connectivity index (χ1v) is 7.52. The van der Waals surface area contributed by atoms with Crippen LogP contribution in [0, 0.1) is 9.49 Å². The van der Waals surface area contributed by atoms with Gasteiger partial charge in [0.2, 0.25) is 0 Å². The lowest BCUT2D eigenvalue weighted by Gasteiger charge is -2.14. The lowest BCUT2D eigenvalue weighted by Crippen LogP contribution is -2.13. The summed E-state index contributed by atoms with van der Waals surface area (Å²) < 4.78 is 6.80. The molecule has 0 radical (unpaired) electrons. The van der Waals surface area contributed by atoms with Gasteiger partial charge in [-0.25, -0.2) is 9.97 Å². The monoisotopic (exact) mass is 361 g/mol. The molecule has 5 heteroatoms. The minimum Gasteiger partial charge on any atom is -0.383 e. The molecule has 0 aliphatic carbocycles. The summed E-state index contributed by atoms with van der Waals surface area (Å²) in [6, 6.07) is 0. The highest BCUT2D eigenvalue weighted by Gasteiger charge is 2.27. The fraction of sp³-hybridized carbons (Fsp3) is 0.692. The number of hydrogen-bond donors (Lipinski definition) is 1. The molecule has 2 N–H and O–H groups in total. The maximum absolute atomic E-state index is 5.99. The number of halogens is 1. The largest absolute Gasteiger partial charge is 0.383 e. The van der Waals surface area contributed by atoms with Crippen molar-refractivity contribution in [1.82, 2.24) is 9.97 Å². The zero-order valence-corrected chi connectivity index (χ0v) is 13.3. The third kappa shape index (κ3) is 3.12. The molecular formula is C13H20IN3O. The molecule has 0 bridgehead atoms. The molecule has 1 aromatic heterocycles. The molecular weight excluding hydrogens is 341 g/mol. The molecule has 4 nitrogen and oxygen atoms in total. The molecule has 0 amide bonds. The van der Waals surface area contributed by atoms with Crippen molar-refractivity contribution in [2.75, 3.05) is 5.73 Å². The molecule has 0 saturated carbocycles. The van der Waals surface area contributed by atoms with Crippen LogP contribution in [-0.4, -0.2) is 16.1 Å². The zero-order valence-electron chi connectivity index (χ0n) is 11.1. The van der Waals surface area contributed by atoms with E-state index in [1.54, 1.807) is 0 Å². The van der Waals surface area contributed by atoms with Gasteiger partial charge in [0.05, 0.1) is 15.4 Å². The molecule has 0 aromatic carbocycles. The normalized spacial score (nSPS) is 23.8. The summed E-state index contributed by atoms with van der Waals surface area (Å²) in [6.07, 6.45) is 3.31. The molecule has 1 aliphatic rings. The summed E-state index contributed by atoms with van der Waals surface area (Å²) in [5.74, 6) is 1.90. The molecule has 2 rings (SSSR count). The predicted octanol–water partition coefficient (Wildman–Crippen LogP) is 3.10. The van der Waals surface area contributed by atoms with E-state index in [0.717, 1.165) is 34.4 Å². The third-order valence-corrected chi connectivity index (χ3v) is 4.26. The van der Waals surface area contributed by atoms with Gasteiger partial charge >= 0.3 is 0 Å². The van der Waals surface area contributed by atoms with E-state index in [1.165, 1.54) is 0 Å². The van der Waals surface area contributed by atoms with Gasteiger partial charge in [-0.15, -0.1) is 0 Å². The molecule has 18 heavy (non-hydrogen) atoms. The average molecular weight is 361 g/mol. The zero-order chi connectivity index (χ0) is 13.3. The van der Waals surface area contributed by atoms with E-state index in [-0.39, 0.29) is 6.10 Å². The number of ether oxygens (including phenoxy) is 1. The first kappa shape index (κ1) is 14.0. The Bertz CT molecular complexity index is 436. The minimum absolute atomic E-state index is 0.0187. The van der Waals surface area contributed by atoms with E-state index in [9.17, 15) is 0 Å². The van der Waals surface area contributed by atoms with Crippen LogP contribution in [-0.2, 0) is 11.2 Å². The average Bonchev–Trinajstić information content (AvgIpc) is 2.70. The number of nitrogen functional groups attached to an aromatic ring is 1. The van der Waals surface area contributed by atoms with Crippen molar-refractivity contribution < 1.29 is 4.74 Å². The van der Waals surface area contributed by atoms with Gasteiger partial charge in [0.25, 0.3) is 0 Å². The summed E-state index contributed by atoms with van der Waals surface area (Å²) in [5, 5.41) is 0. The SMILES string of the molecule is CC(C)Cc1nc(C2CCC(C)O2)nc(N)c1I. The Labute approximate surface area is 122 Å². The number of aromatic nitrogens is 2. The number of anilines is 1. The molecule has 1 aliphatic heterocycles. The quantitative estimate of drug-likeness (QED) is 0.841. The Morgan fingerprint density at radius 3 is 2.67 bits per heavy atom. The van der Waals surface area contributed by atoms with Gasteiger partial charge < -0.3 is 10.5 Å². The van der Waals surface area contributed by atoms with Crippen molar-refractivity contribution in [3.05, 3.63) is 15.1 Å². The van der Waals surface area contributed by atoms with Crippen molar-refractivity contribution in [2.45, 2.75) is 52.2 Å². The number of nitrogens with two attached hydrogens (primary N) is 1. The Kier molecular flexibility index (Phi) is 4.42. The smallest absolute Gasteiger partial charge is 0.159 e. The molecule has 2 heterocycles. The highest BCUT2D eigenvalue weighted by Crippen LogP contribution is 2.32. The number of rotatable bonds is 3. The van der Waals surface area contributed by atoms with E-state index >= 15 is 0 Å². The lowest BCUT2D eigenvalue weighted by atomic mass is 10.1. The Morgan fingerprint density at radius 1 is 1.39 bits per heavy atom. The maximum atomic E-state index is 5.99. The molecule has 2 unspecified atom stereocenters. The molecule has 1 saturated heterocycles. The van der Waals surface area contributed by atoms with Gasteiger partial charge in [0, 0.05) is 0 Å². The van der Waals surface area contributed by atoms with Gasteiger partial charge in [-0.2, -0.15) is 0 Å². The topological polar surface area (TPSA) is 61.0 Å². The molecule has 1 fully saturated rings. The van der Waals surface area contributed by atoms with Gasteiger partial charge in [0.15, 0.2) is 5.82 Å². The standard InChI is InChI=1S/C13H20IN3O/c1-7(2)6-9-11(14)12(15)17-13(16-9)10-5-4-8(3)18-10/h7-8,10H,4-6H2,1-3H3,(H2,15,16,17). The fourth-order valence-electron chi connectivity index (χ4n) is 2.19. The fourth-order valence-corrected chi connectivity index (χ4v) is 2.65. The summed E-state index contributed by atoms with van der Waals surface area (Å²) in [7, 11) is 0. The second-order valence-corrected chi connectivity index (χ2v) is 6.42. The summed E-state index contributed by atoms with van der Waals surface area (Å²) >= 11 is 2.23. The van der Waals surface area contributed by atoms with E-state index in [0.29, 0.717) is 17.8 Å². The van der Waals surface area contributed by atoms with Crippen LogP contribution in [0.5, 0.6) is 0 Å². The van der Waals surface area contributed by atoms with Crippen molar-refractivity contribution in [1.29, 1.82) is 0 Å². The maximum Gasteiger partial charge on any atom is 0.159 e. The first-order chi connectivity index (χ1) is 8.47. The number of nitrogens with zero attached hydrogens (tertiary/aromatic N) is 2. The molecule has 2 atom stereocenters.